The Labute approximate surface area is 131 Å². The molecule has 1 aliphatic carbocycles. The molecule has 116 valence electrons. The smallest absolute Gasteiger partial charge is 0.241 e. The normalized spacial score (nSPS) is 30.9. The Morgan fingerprint density at radius 3 is 2.43 bits per heavy atom. The highest BCUT2D eigenvalue weighted by Gasteiger charge is 2.70. The van der Waals surface area contributed by atoms with Gasteiger partial charge in [0, 0.05) is 6.04 Å². The van der Waals surface area contributed by atoms with Crippen molar-refractivity contribution in [3.8, 4) is 0 Å². The van der Waals surface area contributed by atoms with Crippen molar-refractivity contribution in [1.29, 1.82) is 0 Å². The third-order valence-electron chi connectivity index (χ3n) is 5.85. The first kappa shape index (κ1) is 15.0. The molecule has 2 atom stereocenters. The molecule has 0 aromatic carbocycles. The minimum Gasteiger partial charge on any atom is -0.317 e. The van der Waals surface area contributed by atoms with Gasteiger partial charge in [0.05, 0.1) is 6.04 Å². The number of nitrogens with one attached hydrogen (secondary N) is 1. The summed E-state index contributed by atoms with van der Waals surface area (Å²) < 4.78 is 0. The maximum absolute atomic E-state index is 12.9. The van der Waals surface area contributed by atoms with Gasteiger partial charge in [-0.2, -0.15) is 11.3 Å². The van der Waals surface area contributed by atoms with Gasteiger partial charge in [0.15, 0.2) is 0 Å². The second-order valence-corrected chi connectivity index (χ2v) is 8.34. The molecule has 2 aliphatic rings. The van der Waals surface area contributed by atoms with Crippen LogP contribution in [0.5, 0.6) is 0 Å². The van der Waals surface area contributed by atoms with E-state index in [4.69, 9.17) is 0 Å². The average molecular weight is 306 g/mol. The lowest BCUT2D eigenvalue weighted by Gasteiger charge is -2.26. The van der Waals surface area contributed by atoms with Crippen LogP contribution >= 0.6 is 11.3 Å². The lowest BCUT2D eigenvalue weighted by molar-refractivity contribution is -0.131. The van der Waals surface area contributed by atoms with Crippen molar-refractivity contribution in [2.24, 2.45) is 10.8 Å². The zero-order valence-electron chi connectivity index (χ0n) is 13.6. The number of amides is 1. The number of carbonyl (C=O) groups is 1. The summed E-state index contributed by atoms with van der Waals surface area (Å²) in [7, 11) is 0. The van der Waals surface area contributed by atoms with E-state index in [0.29, 0.717) is 6.04 Å². The Morgan fingerprint density at radius 2 is 1.95 bits per heavy atom. The Kier molecular flexibility index (Phi) is 3.45. The van der Waals surface area contributed by atoms with Crippen LogP contribution in [0.2, 0.25) is 0 Å². The summed E-state index contributed by atoms with van der Waals surface area (Å²) in [6, 6.07) is 2.43. The topological polar surface area (TPSA) is 32.3 Å². The summed E-state index contributed by atoms with van der Waals surface area (Å²) in [5.74, 6) is 0.289. The highest BCUT2D eigenvalue weighted by atomic mass is 32.1. The molecule has 21 heavy (non-hydrogen) atoms. The molecule has 1 saturated carbocycles. The summed E-state index contributed by atoms with van der Waals surface area (Å²) in [6.07, 6.45) is 2.00. The molecule has 0 spiro atoms. The van der Waals surface area contributed by atoms with Crippen LogP contribution in [0.25, 0.3) is 0 Å². The van der Waals surface area contributed by atoms with E-state index < -0.39 is 0 Å². The summed E-state index contributed by atoms with van der Waals surface area (Å²) in [5.41, 5.74) is 1.59. The van der Waals surface area contributed by atoms with Crippen molar-refractivity contribution in [2.75, 3.05) is 0 Å². The fraction of sp³-hybridized carbons (Fsp3) is 0.706. The first-order valence-corrected chi connectivity index (χ1v) is 8.87. The minimum atomic E-state index is -0.0212. The molecule has 1 saturated heterocycles. The van der Waals surface area contributed by atoms with Crippen molar-refractivity contribution in [3.05, 3.63) is 22.4 Å². The number of nitrogens with zero attached hydrogens (tertiary/aromatic N) is 1. The summed E-state index contributed by atoms with van der Waals surface area (Å²) in [5, 5.41) is 7.83. The van der Waals surface area contributed by atoms with Crippen LogP contribution in [0.3, 0.4) is 0 Å². The van der Waals surface area contributed by atoms with Crippen LogP contribution in [0, 0.1) is 10.8 Å². The fourth-order valence-electron chi connectivity index (χ4n) is 3.97. The van der Waals surface area contributed by atoms with Gasteiger partial charge in [-0.15, -0.1) is 0 Å². The van der Waals surface area contributed by atoms with Gasteiger partial charge in [0.25, 0.3) is 0 Å². The average Bonchev–Trinajstić information content (AvgIpc) is 2.89. The molecule has 2 fully saturated rings. The Morgan fingerprint density at radius 1 is 1.29 bits per heavy atom. The van der Waals surface area contributed by atoms with Crippen molar-refractivity contribution in [1.82, 2.24) is 10.2 Å². The quantitative estimate of drug-likeness (QED) is 0.918. The van der Waals surface area contributed by atoms with Gasteiger partial charge in [-0.05, 0) is 39.6 Å². The number of hydrogen-bond acceptors (Lipinski definition) is 3. The fourth-order valence-corrected chi connectivity index (χ4v) is 4.64. The molecule has 1 aliphatic heterocycles. The molecule has 4 heteroatoms. The second-order valence-electron chi connectivity index (χ2n) is 7.56. The van der Waals surface area contributed by atoms with E-state index in [1.54, 1.807) is 11.3 Å². The standard InChI is InChI=1S/C17H26N2OS/c1-6-7-12-14(20)19(15-16(2,3)17(15,4)5)13(18-12)11-8-9-21-10-11/h8-10,12-13,15,18H,6-7H2,1-5H3. The molecule has 1 amide bonds. The molecule has 3 rings (SSSR count). The minimum absolute atomic E-state index is 0.0212. The van der Waals surface area contributed by atoms with E-state index in [1.165, 1.54) is 5.56 Å². The lowest BCUT2D eigenvalue weighted by Crippen LogP contribution is -2.36. The Bertz CT molecular complexity index is 521. The molecule has 1 aromatic rings. The molecular weight excluding hydrogens is 280 g/mol. The van der Waals surface area contributed by atoms with Crippen LogP contribution < -0.4 is 5.32 Å². The number of rotatable bonds is 4. The van der Waals surface area contributed by atoms with E-state index in [0.717, 1.165) is 12.8 Å². The first-order valence-electron chi connectivity index (χ1n) is 7.92. The molecule has 1 N–H and O–H groups in total. The van der Waals surface area contributed by atoms with Gasteiger partial charge >= 0.3 is 0 Å². The first-order chi connectivity index (χ1) is 9.82. The molecule has 2 heterocycles. The molecule has 0 bridgehead atoms. The van der Waals surface area contributed by atoms with Gasteiger partial charge in [0.2, 0.25) is 5.91 Å². The van der Waals surface area contributed by atoms with Gasteiger partial charge in [-0.1, -0.05) is 41.0 Å². The highest BCUT2D eigenvalue weighted by molar-refractivity contribution is 7.07. The molecule has 3 nitrogen and oxygen atoms in total. The number of hydrogen-bond donors (Lipinski definition) is 1. The van der Waals surface area contributed by atoms with Crippen molar-refractivity contribution in [3.63, 3.8) is 0 Å². The number of carbonyl (C=O) groups excluding carboxylic acids is 1. The second kappa shape index (κ2) is 4.82. The Hall–Kier alpha value is -0.870. The summed E-state index contributed by atoms with van der Waals surface area (Å²) in [6.45, 7) is 11.3. The van der Waals surface area contributed by atoms with E-state index in [1.807, 2.05) is 0 Å². The van der Waals surface area contributed by atoms with Crippen LogP contribution in [-0.2, 0) is 4.79 Å². The summed E-state index contributed by atoms with van der Waals surface area (Å²) in [4.78, 5) is 15.1. The predicted octanol–water partition coefficient (Wildman–Crippen LogP) is 3.78. The molecular formula is C17H26N2OS. The number of thiophene rings is 1. The maximum atomic E-state index is 12.9. The van der Waals surface area contributed by atoms with Crippen LogP contribution in [-0.4, -0.2) is 22.9 Å². The summed E-state index contributed by atoms with van der Waals surface area (Å²) >= 11 is 1.70. The molecule has 2 unspecified atom stereocenters. The Balaban J connectivity index is 1.93. The van der Waals surface area contributed by atoms with Crippen LogP contribution in [0.1, 0.15) is 59.2 Å². The van der Waals surface area contributed by atoms with Crippen LogP contribution in [0.15, 0.2) is 16.8 Å². The van der Waals surface area contributed by atoms with E-state index >= 15 is 0 Å². The van der Waals surface area contributed by atoms with E-state index in [9.17, 15) is 4.79 Å². The predicted molar refractivity (Wildman–Crippen MR) is 87.1 cm³/mol. The lowest BCUT2D eigenvalue weighted by atomic mass is 10.0. The van der Waals surface area contributed by atoms with Crippen molar-refractivity contribution in [2.45, 2.75) is 65.7 Å². The maximum Gasteiger partial charge on any atom is 0.241 e. The monoisotopic (exact) mass is 306 g/mol. The highest BCUT2D eigenvalue weighted by Crippen LogP contribution is 2.66. The van der Waals surface area contributed by atoms with E-state index in [2.05, 4.69) is 61.7 Å². The van der Waals surface area contributed by atoms with Gasteiger partial charge in [-0.25, -0.2) is 0 Å². The van der Waals surface area contributed by atoms with E-state index in [-0.39, 0.29) is 28.9 Å². The largest absolute Gasteiger partial charge is 0.317 e. The zero-order valence-corrected chi connectivity index (χ0v) is 14.5. The third kappa shape index (κ3) is 2.07. The SMILES string of the molecule is CCCC1NC(c2ccsc2)N(C2C(C)(C)C2(C)C)C1=O. The zero-order chi connectivity index (χ0) is 15.4. The molecule has 0 radical (unpaired) electrons. The van der Waals surface area contributed by atoms with Gasteiger partial charge in [0.1, 0.15) is 6.17 Å². The van der Waals surface area contributed by atoms with Gasteiger partial charge < -0.3 is 4.90 Å². The molecule has 1 aromatic heterocycles. The van der Waals surface area contributed by atoms with Crippen molar-refractivity contribution < 1.29 is 4.79 Å². The van der Waals surface area contributed by atoms with Gasteiger partial charge in [-0.3, -0.25) is 10.1 Å². The third-order valence-corrected chi connectivity index (χ3v) is 6.55. The van der Waals surface area contributed by atoms with Crippen molar-refractivity contribution >= 4 is 17.2 Å². The van der Waals surface area contributed by atoms with Crippen LogP contribution in [0.4, 0.5) is 0 Å².